The first-order valence-electron chi connectivity index (χ1n) is 5.88. The van der Waals surface area contributed by atoms with Gasteiger partial charge in [0, 0.05) is 27.4 Å². The van der Waals surface area contributed by atoms with Crippen LogP contribution in [-0.4, -0.2) is 20.0 Å². The Labute approximate surface area is 125 Å². The van der Waals surface area contributed by atoms with Gasteiger partial charge in [-0.3, -0.25) is 4.79 Å². The third-order valence-corrected chi connectivity index (χ3v) is 3.56. The smallest absolute Gasteiger partial charge is 0.193 e. The summed E-state index contributed by atoms with van der Waals surface area (Å²) in [6.45, 7) is 0. The third kappa shape index (κ3) is 2.93. The van der Waals surface area contributed by atoms with Crippen LogP contribution < -0.4 is 15.2 Å². The van der Waals surface area contributed by atoms with Crippen molar-refractivity contribution in [3.8, 4) is 11.5 Å². The Morgan fingerprint density at radius 2 is 1.60 bits per heavy atom. The van der Waals surface area contributed by atoms with Crippen molar-refractivity contribution in [1.82, 2.24) is 0 Å². The van der Waals surface area contributed by atoms with E-state index in [2.05, 4.69) is 15.9 Å². The van der Waals surface area contributed by atoms with Gasteiger partial charge in [-0.15, -0.1) is 0 Å². The Bertz CT molecular complexity index is 633. The zero-order valence-corrected chi connectivity index (χ0v) is 12.7. The summed E-state index contributed by atoms with van der Waals surface area (Å²) in [7, 11) is 3.09. The molecule has 5 heteroatoms. The molecule has 0 unspecified atom stereocenters. The van der Waals surface area contributed by atoms with Gasteiger partial charge < -0.3 is 15.2 Å². The van der Waals surface area contributed by atoms with Crippen LogP contribution in [-0.2, 0) is 0 Å². The first-order chi connectivity index (χ1) is 9.55. The van der Waals surface area contributed by atoms with Crippen molar-refractivity contribution in [2.75, 3.05) is 20.0 Å². The highest BCUT2D eigenvalue weighted by Crippen LogP contribution is 2.26. The van der Waals surface area contributed by atoms with E-state index in [1.54, 1.807) is 50.6 Å². The number of benzene rings is 2. The van der Waals surface area contributed by atoms with Crippen LogP contribution in [0.5, 0.6) is 11.5 Å². The molecule has 0 atom stereocenters. The fraction of sp³-hybridized carbons (Fsp3) is 0.133. The number of nitrogens with two attached hydrogens (primary N) is 1. The summed E-state index contributed by atoms with van der Waals surface area (Å²) < 4.78 is 11.0. The lowest BCUT2D eigenvalue weighted by molar-refractivity contribution is 0.103. The molecule has 0 fully saturated rings. The fourth-order valence-electron chi connectivity index (χ4n) is 1.77. The molecule has 0 aliphatic heterocycles. The van der Waals surface area contributed by atoms with Crippen LogP contribution in [0, 0.1) is 0 Å². The molecule has 0 saturated heterocycles. The predicted octanol–water partition coefficient (Wildman–Crippen LogP) is 3.28. The lowest BCUT2D eigenvalue weighted by Gasteiger charge is -2.08. The lowest BCUT2D eigenvalue weighted by Crippen LogP contribution is -2.03. The number of carbonyl (C=O) groups excluding carboxylic acids is 1. The molecule has 2 aromatic rings. The van der Waals surface area contributed by atoms with E-state index in [-0.39, 0.29) is 5.78 Å². The highest BCUT2D eigenvalue weighted by molar-refractivity contribution is 9.10. The van der Waals surface area contributed by atoms with Gasteiger partial charge in [0.05, 0.1) is 14.2 Å². The largest absolute Gasteiger partial charge is 0.497 e. The monoisotopic (exact) mass is 335 g/mol. The molecular weight excluding hydrogens is 322 g/mol. The van der Waals surface area contributed by atoms with Crippen molar-refractivity contribution in [2.24, 2.45) is 0 Å². The standard InChI is InChI=1S/C15H14BrNO3/c1-19-11-5-10(6-12(8-11)20-2)15(18)9-3-4-14(17)13(16)7-9/h3-8H,17H2,1-2H3. The van der Waals surface area contributed by atoms with Gasteiger partial charge in [0.15, 0.2) is 5.78 Å². The van der Waals surface area contributed by atoms with Crippen LogP contribution in [0.1, 0.15) is 15.9 Å². The summed E-state index contributed by atoms with van der Waals surface area (Å²) >= 11 is 3.32. The number of hydrogen-bond acceptors (Lipinski definition) is 4. The van der Waals surface area contributed by atoms with Crippen molar-refractivity contribution >= 4 is 27.4 Å². The highest BCUT2D eigenvalue weighted by Gasteiger charge is 2.13. The molecule has 0 amide bonds. The minimum absolute atomic E-state index is 0.122. The summed E-state index contributed by atoms with van der Waals surface area (Å²) in [6.07, 6.45) is 0. The van der Waals surface area contributed by atoms with Gasteiger partial charge in [-0.05, 0) is 46.3 Å². The zero-order valence-electron chi connectivity index (χ0n) is 11.1. The normalized spacial score (nSPS) is 10.2. The molecule has 0 spiro atoms. The molecule has 20 heavy (non-hydrogen) atoms. The number of nitrogen functional groups attached to an aromatic ring is 1. The van der Waals surface area contributed by atoms with Crippen LogP contribution in [0.15, 0.2) is 40.9 Å². The number of methoxy groups -OCH3 is 2. The Morgan fingerprint density at radius 1 is 1.00 bits per heavy atom. The third-order valence-electron chi connectivity index (χ3n) is 2.88. The molecule has 2 aromatic carbocycles. The van der Waals surface area contributed by atoms with Crippen LogP contribution >= 0.6 is 15.9 Å². The second-order valence-electron chi connectivity index (χ2n) is 4.17. The maximum atomic E-state index is 12.5. The van der Waals surface area contributed by atoms with E-state index in [4.69, 9.17) is 15.2 Å². The maximum absolute atomic E-state index is 12.5. The van der Waals surface area contributed by atoms with Crippen molar-refractivity contribution in [3.63, 3.8) is 0 Å². The number of ether oxygens (including phenoxy) is 2. The summed E-state index contributed by atoms with van der Waals surface area (Å²) in [5, 5.41) is 0. The number of halogens is 1. The van der Waals surface area contributed by atoms with E-state index in [1.807, 2.05) is 0 Å². The lowest BCUT2D eigenvalue weighted by atomic mass is 10.0. The molecule has 2 N–H and O–H groups in total. The first-order valence-corrected chi connectivity index (χ1v) is 6.67. The molecule has 0 heterocycles. The molecule has 0 bridgehead atoms. The van der Waals surface area contributed by atoms with Crippen molar-refractivity contribution in [3.05, 3.63) is 52.0 Å². The van der Waals surface area contributed by atoms with E-state index in [1.165, 1.54) is 0 Å². The van der Waals surface area contributed by atoms with Gasteiger partial charge in [-0.25, -0.2) is 0 Å². The highest BCUT2D eigenvalue weighted by atomic mass is 79.9. The summed E-state index contributed by atoms with van der Waals surface area (Å²) in [6, 6.07) is 10.1. The molecule has 0 aliphatic carbocycles. The Hall–Kier alpha value is -2.01. The molecule has 0 saturated carbocycles. The SMILES string of the molecule is COc1cc(OC)cc(C(=O)c2ccc(N)c(Br)c2)c1. The molecule has 0 aromatic heterocycles. The Morgan fingerprint density at radius 3 is 2.10 bits per heavy atom. The van der Waals surface area contributed by atoms with Gasteiger partial charge in [-0.2, -0.15) is 0 Å². The van der Waals surface area contributed by atoms with Crippen molar-refractivity contribution in [1.29, 1.82) is 0 Å². The molecule has 2 rings (SSSR count). The molecule has 0 aliphatic rings. The van der Waals surface area contributed by atoms with Crippen LogP contribution in [0.2, 0.25) is 0 Å². The fourth-order valence-corrected chi connectivity index (χ4v) is 2.15. The van der Waals surface area contributed by atoms with E-state index >= 15 is 0 Å². The second-order valence-corrected chi connectivity index (χ2v) is 5.02. The summed E-state index contributed by atoms with van der Waals surface area (Å²) in [5.74, 6) is 1.02. The number of anilines is 1. The van der Waals surface area contributed by atoms with E-state index in [0.717, 1.165) is 0 Å². The van der Waals surface area contributed by atoms with Crippen LogP contribution in [0.4, 0.5) is 5.69 Å². The number of hydrogen-bond donors (Lipinski definition) is 1. The summed E-state index contributed by atoms with van der Waals surface area (Å²) in [5.41, 5.74) is 7.35. The number of rotatable bonds is 4. The van der Waals surface area contributed by atoms with Crippen LogP contribution in [0.3, 0.4) is 0 Å². The Balaban J connectivity index is 2.44. The van der Waals surface area contributed by atoms with Crippen molar-refractivity contribution < 1.29 is 14.3 Å². The van der Waals surface area contributed by atoms with Gasteiger partial charge in [-0.1, -0.05) is 0 Å². The molecule has 0 radical (unpaired) electrons. The van der Waals surface area contributed by atoms with Gasteiger partial charge in [0.1, 0.15) is 11.5 Å². The van der Waals surface area contributed by atoms with E-state index < -0.39 is 0 Å². The molecular formula is C15H14BrNO3. The molecule has 104 valence electrons. The average molecular weight is 336 g/mol. The predicted molar refractivity (Wildman–Crippen MR) is 81.5 cm³/mol. The first kappa shape index (κ1) is 14.4. The topological polar surface area (TPSA) is 61.5 Å². The zero-order chi connectivity index (χ0) is 14.7. The average Bonchev–Trinajstić information content (AvgIpc) is 2.48. The number of carbonyl (C=O) groups is 1. The van der Waals surface area contributed by atoms with E-state index in [9.17, 15) is 4.79 Å². The minimum Gasteiger partial charge on any atom is -0.497 e. The van der Waals surface area contributed by atoms with Gasteiger partial charge in [0.25, 0.3) is 0 Å². The quantitative estimate of drug-likeness (QED) is 0.688. The van der Waals surface area contributed by atoms with Crippen LogP contribution in [0.25, 0.3) is 0 Å². The van der Waals surface area contributed by atoms with E-state index in [0.29, 0.717) is 32.8 Å². The number of ketones is 1. The van der Waals surface area contributed by atoms with Gasteiger partial charge in [0.2, 0.25) is 0 Å². The molecule has 4 nitrogen and oxygen atoms in total. The Kier molecular flexibility index (Phi) is 4.29. The summed E-state index contributed by atoms with van der Waals surface area (Å²) in [4.78, 5) is 12.5. The van der Waals surface area contributed by atoms with Crippen molar-refractivity contribution in [2.45, 2.75) is 0 Å². The maximum Gasteiger partial charge on any atom is 0.193 e. The van der Waals surface area contributed by atoms with Gasteiger partial charge >= 0.3 is 0 Å². The minimum atomic E-state index is -0.122. The second kappa shape index (κ2) is 5.96.